The Morgan fingerprint density at radius 2 is 1.79 bits per heavy atom. The summed E-state index contributed by atoms with van der Waals surface area (Å²) in [6.45, 7) is 4.91. The van der Waals surface area contributed by atoms with E-state index in [0.717, 1.165) is 28.8 Å². The minimum absolute atomic E-state index is 0.168. The molecule has 4 rings (SSSR count). The molecular formula is C27H25ClN2O3S. The number of hydrogen-bond donors (Lipinski definition) is 1. The molecule has 0 bridgehead atoms. The van der Waals surface area contributed by atoms with Crippen LogP contribution in [-0.4, -0.2) is 17.7 Å². The molecule has 7 heteroatoms. The highest BCUT2D eigenvalue weighted by molar-refractivity contribution is 8.18. The minimum atomic E-state index is -0.168. The molecule has 0 aromatic heterocycles. The number of amidine groups is 1. The molecule has 3 aromatic rings. The van der Waals surface area contributed by atoms with Crippen LogP contribution in [0.25, 0.3) is 6.08 Å². The Morgan fingerprint density at radius 3 is 2.56 bits per heavy atom. The fourth-order valence-electron chi connectivity index (χ4n) is 3.40. The molecule has 5 nitrogen and oxygen atoms in total. The fourth-order valence-corrected chi connectivity index (χ4v) is 4.36. The third-order valence-electron chi connectivity index (χ3n) is 5.12. The molecule has 34 heavy (non-hydrogen) atoms. The smallest absolute Gasteiger partial charge is 0.264 e. The molecule has 1 amide bonds. The summed E-state index contributed by atoms with van der Waals surface area (Å²) in [5.74, 6) is 1.10. The van der Waals surface area contributed by atoms with E-state index in [2.05, 4.69) is 17.2 Å². The van der Waals surface area contributed by atoms with Crippen LogP contribution in [0.3, 0.4) is 0 Å². The van der Waals surface area contributed by atoms with E-state index in [-0.39, 0.29) is 5.91 Å². The number of aliphatic imine (C=N–C) groups is 1. The Bertz CT molecular complexity index is 1240. The van der Waals surface area contributed by atoms with Gasteiger partial charge in [0.15, 0.2) is 16.7 Å². The number of carbonyl (C=O) groups excluding carboxylic acids is 1. The molecule has 0 atom stereocenters. The standard InChI is InChI=1S/C27H25ClN2O3S/c1-3-20-7-5-6-8-22(20)29-27-30-26(31)25(34-27)16-19-11-14-23(24(15-19)32-4-2)33-17-18-9-12-21(28)13-10-18/h5-16H,3-4,17H2,1-2H3,(H,29,30,31). The van der Waals surface area contributed by atoms with E-state index in [1.807, 2.05) is 79.7 Å². The number of nitrogens with zero attached hydrogens (tertiary/aromatic N) is 1. The molecular weight excluding hydrogens is 468 g/mol. The largest absolute Gasteiger partial charge is 0.490 e. The third kappa shape index (κ3) is 6.01. The topological polar surface area (TPSA) is 59.9 Å². The van der Waals surface area contributed by atoms with Gasteiger partial charge in [0.1, 0.15) is 6.61 Å². The lowest BCUT2D eigenvalue weighted by Crippen LogP contribution is -2.19. The van der Waals surface area contributed by atoms with Crippen molar-refractivity contribution in [3.63, 3.8) is 0 Å². The SMILES string of the molecule is CCOc1cc(C=C2SC(=Nc3ccccc3CC)NC2=O)ccc1OCc1ccc(Cl)cc1. The first-order valence-corrected chi connectivity index (χ1v) is 12.3. The molecule has 0 aliphatic carbocycles. The fraction of sp³-hybridized carbons (Fsp3) is 0.185. The van der Waals surface area contributed by atoms with Crippen molar-refractivity contribution in [2.45, 2.75) is 26.9 Å². The molecule has 1 aliphatic heterocycles. The monoisotopic (exact) mass is 492 g/mol. The van der Waals surface area contributed by atoms with Crippen LogP contribution in [0.15, 0.2) is 76.6 Å². The van der Waals surface area contributed by atoms with Crippen molar-refractivity contribution in [3.8, 4) is 11.5 Å². The first-order chi connectivity index (χ1) is 16.6. The van der Waals surface area contributed by atoms with Crippen LogP contribution in [-0.2, 0) is 17.8 Å². The van der Waals surface area contributed by atoms with Gasteiger partial charge in [0, 0.05) is 5.02 Å². The molecule has 3 aromatic carbocycles. The first-order valence-electron chi connectivity index (χ1n) is 11.1. The number of nitrogens with one attached hydrogen (secondary N) is 1. The van der Waals surface area contributed by atoms with Gasteiger partial charge in [-0.2, -0.15) is 0 Å². The van der Waals surface area contributed by atoms with E-state index in [9.17, 15) is 4.79 Å². The van der Waals surface area contributed by atoms with Crippen LogP contribution in [0, 0.1) is 0 Å². The highest BCUT2D eigenvalue weighted by Crippen LogP contribution is 2.33. The van der Waals surface area contributed by atoms with Gasteiger partial charge in [-0.15, -0.1) is 0 Å². The summed E-state index contributed by atoms with van der Waals surface area (Å²) in [7, 11) is 0. The van der Waals surface area contributed by atoms with Gasteiger partial charge < -0.3 is 14.8 Å². The van der Waals surface area contributed by atoms with Crippen LogP contribution in [0.4, 0.5) is 5.69 Å². The summed E-state index contributed by atoms with van der Waals surface area (Å²) >= 11 is 7.28. The summed E-state index contributed by atoms with van der Waals surface area (Å²) in [4.78, 5) is 17.8. The number of ether oxygens (including phenoxy) is 2. The summed E-state index contributed by atoms with van der Waals surface area (Å²) in [5, 5.41) is 4.12. The normalized spacial score (nSPS) is 15.6. The zero-order valence-corrected chi connectivity index (χ0v) is 20.6. The van der Waals surface area contributed by atoms with Crippen molar-refractivity contribution in [3.05, 3.63) is 93.3 Å². The highest BCUT2D eigenvalue weighted by Gasteiger charge is 2.24. The van der Waals surface area contributed by atoms with Gasteiger partial charge in [-0.05, 0) is 78.2 Å². The Labute approximate surface area is 208 Å². The Hall–Kier alpha value is -3.22. The average molecular weight is 493 g/mol. The van der Waals surface area contributed by atoms with E-state index in [0.29, 0.717) is 39.8 Å². The summed E-state index contributed by atoms with van der Waals surface area (Å²) in [6.07, 6.45) is 2.71. The molecule has 1 saturated heterocycles. The van der Waals surface area contributed by atoms with E-state index in [1.54, 1.807) is 0 Å². The second kappa shape index (κ2) is 11.3. The van der Waals surface area contributed by atoms with Crippen LogP contribution >= 0.6 is 23.4 Å². The molecule has 174 valence electrons. The van der Waals surface area contributed by atoms with Crippen LogP contribution in [0.2, 0.25) is 5.02 Å². The number of carbonyl (C=O) groups is 1. The lowest BCUT2D eigenvalue weighted by molar-refractivity contribution is -0.115. The van der Waals surface area contributed by atoms with Crippen molar-refractivity contribution < 1.29 is 14.3 Å². The predicted octanol–water partition coefficient (Wildman–Crippen LogP) is 6.77. The van der Waals surface area contributed by atoms with E-state index in [4.69, 9.17) is 21.1 Å². The number of benzene rings is 3. The number of hydrogen-bond acceptors (Lipinski definition) is 5. The van der Waals surface area contributed by atoms with Crippen molar-refractivity contribution >= 4 is 46.2 Å². The summed E-state index contributed by atoms with van der Waals surface area (Å²) < 4.78 is 11.8. The van der Waals surface area contributed by atoms with Crippen molar-refractivity contribution in [2.24, 2.45) is 4.99 Å². The van der Waals surface area contributed by atoms with Crippen LogP contribution in [0.1, 0.15) is 30.5 Å². The number of para-hydroxylation sites is 1. The van der Waals surface area contributed by atoms with Gasteiger partial charge in [0.2, 0.25) is 0 Å². The number of aryl methyl sites for hydroxylation is 1. The molecule has 1 fully saturated rings. The second-order valence-corrected chi connectivity index (χ2v) is 8.99. The Kier molecular flexibility index (Phi) is 7.93. The zero-order valence-electron chi connectivity index (χ0n) is 19.0. The van der Waals surface area contributed by atoms with E-state index in [1.165, 1.54) is 11.8 Å². The molecule has 0 spiro atoms. The number of amides is 1. The van der Waals surface area contributed by atoms with E-state index < -0.39 is 0 Å². The summed E-state index contributed by atoms with van der Waals surface area (Å²) in [6, 6.07) is 21.1. The molecule has 1 N–H and O–H groups in total. The second-order valence-electron chi connectivity index (χ2n) is 7.52. The van der Waals surface area contributed by atoms with Gasteiger partial charge in [-0.25, -0.2) is 4.99 Å². The quantitative estimate of drug-likeness (QED) is 0.352. The van der Waals surface area contributed by atoms with Crippen LogP contribution in [0.5, 0.6) is 11.5 Å². The molecule has 0 radical (unpaired) electrons. The van der Waals surface area contributed by atoms with Gasteiger partial charge in [-0.3, -0.25) is 4.79 Å². The third-order valence-corrected chi connectivity index (χ3v) is 6.28. The van der Waals surface area contributed by atoms with Gasteiger partial charge in [0.05, 0.1) is 17.2 Å². The molecule has 1 aliphatic rings. The van der Waals surface area contributed by atoms with E-state index >= 15 is 0 Å². The number of halogens is 1. The maximum Gasteiger partial charge on any atom is 0.264 e. The maximum absolute atomic E-state index is 12.5. The van der Waals surface area contributed by atoms with Crippen LogP contribution < -0.4 is 14.8 Å². The Balaban J connectivity index is 1.51. The predicted molar refractivity (Wildman–Crippen MR) is 140 cm³/mol. The minimum Gasteiger partial charge on any atom is -0.490 e. The molecule has 1 heterocycles. The van der Waals surface area contributed by atoms with Gasteiger partial charge in [-0.1, -0.05) is 54.9 Å². The first kappa shape index (κ1) is 23.9. The maximum atomic E-state index is 12.5. The lowest BCUT2D eigenvalue weighted by Gasteiger charge is -2.13. The number of thioether (sulfide) groups is 1. The lowest BCUT2D eigenvalue weighted by atomic mass is 10.1. The van der Waals surface area contributed by atoms with Gasteiger partial charge >= 0.3 is 0 Å². The van der Waals surface area contributed by atoms with Crippen molar-refractivity contribution in [1.82, 2.24) is 5.32 Å². The Morgan fingerprint density at radius 1 is 1.00 bits per heavy atom. The average Bonchev–Trinajstić information content (AvgIpc) is 3.18. The number of rotatable bonds is 8. The molecule has 0 unspecified atom stereocenters. The van der Waals surface area contributed by atoms with Crippen molar-refractivity contribution in [2.75, 3.05) is 6.61 Å². The van der Waals surface area contributed by atoms with Crippen molar-refractivity contribution in [1.29, 1.82) is 0 Å². The summed E-state index contributed by atoms with van der Waals surface area (Å²) in [5.41, 5.74) is 3.86. The molecule has 0 saturated carbocycles. The highest BCUT2D eigenvalue weighted by atomic mass is 35.5. The zero-order chi connectivity index (χ0) is 23.9. The van der Waals surface area contributed by atoms with Gasteiger partial charge in [0.25, 0.3) is 5.91 Å².